The molecule has 0 aliphatic carbocycles. The van der Waals surface area contributed by atoms with Gasteiger partial charge in [-0.15, -0.1) is 0 Å². The van der Waals surface area contributed by atoms with E-state index in [1.807, 2.05) is 19.1 Å². The van der Waals surface area contributed by atoms with Crippen molar-refractivity contribution in [1.29, 1.82) is 0 Å². The molecule has 222 valence electrons. The van der Waals surface area contributed by atoms with Crippen LogP contribution in [-0.4, -0.2) is 48.9 Å². The van der Waals surface area contributed by atoms with E-state index in [4.69, 9.17) is 18.6 Å². The van der Waals surface area contributed by atoms with Gasteiger partial charge in [0.05, 0.1) is 0 Å². The van der Waals surface area contributed by atoms with Gasteiger partial charge in [0, 0.05) is 61.0 Å². The van der Waals surface area contributed by atoms with Gasteiger partial charge in [-0.05, 0) is 80.9 Å². The lowest BCUT2D eigenvalue weighted by molar-refractivity contribution is -0.132. The second-order valence-electron chi connectivity index (χ2n) is 10.8. The standard InChI is InChI=1S/C34H33NO8/c1-20-31(42-27-12-14-35(4)15-13-27)10-9-25-16-26(34(39)43-33(20)25)19-30(38)24-8-11-32(41-22(3)37)29(18-24)23-6-5-7-28(17-23)40-21(2)36/h5-11,16-18,27H,12-15,19H2,1-4H3. The van der Waals surface area contributed by atoms with Gasteiger partial charge in [-0.25, -0.2) is 4.79 Å². The first-order valence-corrected chi connectivity index (χ1v) is 14.1. The average molecular weight is 584 g/mol. The second-order valence-corrected chi connectivity index (χ2v) is 10.8. The van der Waals surface area contributed by atoms with Crippen LogP contribution in [0.1, 0.15) is 48.2 Å². The number of carbonyl (C=O) groups is 3. The van der Waals surface area contributed by atoms with Gasteiger partial charge >= 0.3 is 17.6 Å². The minimum Gasteiger partial charge on any atom is -0.490 e. The number of hydrogen-bond donors (Lipinski definition) is 0. The molecular weight excluding hydrogens is 550 g/mol. The largest absolute Gasteiger partial charge is 0.490 e. The van der Waals surface area contributed by atoms with Crippen LogP contribution in [0.15, 0.2) is 69.9 Å². The summed E-state index contributed by atoms with van der Waals surface area (Å²) >= 11 is 0. The Morgan fingerprint density at radius 1 is 0.907 bits per heavy atom. The third-order valence-corrected chi connectivity index (χ3v) is 7.45. The Morgan fingerprint density at radius 3 is 2.35 bits per heavy atom. The van der Waals surface area contributed by atoms with Crippen molar-refractivity contribution in [2.24, 2.45) is 0 Å². The zero-order valence-electron chi connectivity index (χ0n) is 24.6. The molecule has 9 nitrogen and oxygen atoms in total. The van der Waals surface area contributed by atoms with E-state index in [0.29, 0.717) is 39.2 Å². The number of nitrogens with zero attached hydrogens (tertiary/aromatic N) is 1. The SMILES string of the molecule is CC(=O)Oc1cccc(-c2cc(C(=O)Cc3cc4ccc(OC5CCN(C)CC5)c(C)c4oc3=O)ccc2OC(C)=O)c1. The highest BCUT2D eigenvalue weighted by Gasteiger charge is 2.21. The summed E-state index contributed by atoms with van der Waals surface area (Å²) in [5.41, 5.74) is 2.15. The van der Waals surface area contributed by atoms with E-state index in [1.54, 1.807) is 42.5 Å². The molecule has 0 saturated carbocycles. The summed E-state index contributed by atoms with van der Waals surface area (Å²) in [4.78, 5) is 51.9. The van der Waals surface area contributed by atoms with Crippen molar-refractivity contribution in [3.05, 3.63) is 87.8 Å². The molecule has 2 heterocycles. The molecule has 0 spiro atoms. The Balaban J connectivity index is 1.41. The monoisotopic (exact) mass is 583 g/mol. The van der Waals surface area contributed by atoms with Crippen LogP contribution in [0, 0.1) is 6.92 Å². The van der Waals surface area contributed by atoms with Gasteiger partial charge in [0.15, 0.2) is 5.78 Å². The number of rotatable bonds is 8. The number of Topliss-reactive ketones (excluding diaryl/α,β-unsaturated/α-hetero) is 1. The molecule has 0 atom stereocenters. The molecule has 1 aliphatic rings. The van der Waals surface area contributed by atoms with Gasteiger partial charge in [0.2, 0.25) is 0 Å². The summed E-state index contributed by atoms with van der Waals surface area (Å²) in [6.07, 6.45) is 1.78. The molecule has 0 unspecified atom stereocenters. The van der Waals surface area contributed by atoms with Crippen LogP contribution < -0.4 is 19.8 Å². The summed E-state index contributed by atoms with van der Waals surface area (Å²) in [5, 5.41) is 0.698. The lowest BCUT2D eigenvalue weighted by Crippen LogP contribution is -2.35. The molecule has 9 heteroatoms. The number of aryl methyl sites for hydroxylation is 1. The molecule has 1 saturated heterocycles. The number of benzene rings is 3. The number of hydrogen-bond acceptors (Lipinski definition) is 9. The Kier molecular flexibility index (Phi) is 8.73. The molecule has 1 aromatic heterocycles. The van der Waals surface area contributed by atoms with Crippen molar-refractivity contribution in [2.45, 2.75) is 46.1 Å². The number of esters is 2. The average Bonchev–Trinajstić information content (AvgIpc) is 2.96. The van der Waals surface area contributed by atoms with Crippen LogP contribution in [0.3, 0.4) is 0 Å². The van der Waals surface area contributed by atoms with E-state index >= 15 is 0 Å². The highest BCUT2D eigenvalue weighted by molar-refractivity contribution is 5.99. The number of likely N-dealkylation sites (tertiary alicyclic amines) is 1. The minimum atomic E-state index is -0.591. The van der Waals surface area contributed by atoms with E-state index in [-0.39, 0.29) is 29.6 Å². The van der Waals surface area contributed by atoms with Crippen molar-refractivity contribution in [1.82, 2.24) is 4.90 Å². The normalized spacial score (nSPS) is 14.0. The Labute approximate surface area is 249 Å². The van der Waals surface area contributed by atoms with E-state index in [1.165, 1.54) is 19.9 Å². The number of carbonyl (C=O) groups excluding carboxylic acids is 3. The number of fused-ring (bicyclic) bond motifs is 1. The van der Waals surface area contributed by atoms with E-state index in [9.17, 15) is 19.2 Å². The smallest absolute Gasteiger partial charge is 0.339 e. The first kappa shape index (κ1) is 29.7. The Morgan fingerprint density at radius 2 is 1.63 bits per heavy atom. The maximum Gasteiger partial charge on any atom is 0.339 e. The fourth-order valence-electron chi connectivity index (χ4n) is 5.22. The summed E-state index contributed by atoms with van der Waals surface area (Å²) in [6.45, 7) is 6.38. The van der Waals surface area contributed by atoms with Crippen LogP contribution in [0.2, 0.25) is 0 Å². The highest BCUT2D eigenvalue weighted by atomic mass is 16.5. The van der Waals surface area contributed by atoms with Gasteiger partial charge in [-0.1, -0.05) is 12.1 Å². The van der Waals surface area contributed by atoms with Crippen LogP contribution in [0.25, 0.3) is 22.1 Å². The predicted octanol–water partition coefficient (Wildman–Crippen LogP) is 5.52. The number of ketones is 1. The van der Waals surface area contributed by atoms with E-state index in [0.717, 1.165) is 31.5 Å². The number of piperidine rings is 1. The highest BCUT2D eigenvalue weighted by Crippen LogP contribution is 2.34. The van der Waals surface area contributed by atoms with Crippen LogP contribution >= 0.6 is 0 Å². The van der Waals surface area contributed by atoms with Gasteiger partial charge in [-0.3, -0.25) is 14.4 Å². The molecule has 0 amide bonds. The van der Waals surface area contributed by atoms with Gasteiger partial charge in [-0.2, -0.15) is 0 Å². The predicted molar refractivity (Wildman–Crippen MR) is 161 cm³/mol. The molecule has 43 heavy (non-hydrogen) atoms. The first-order valence-electron chi connectivity index (χ1n) is 14.1. The zero-order valence-corrected chi connectivity index (χ0v) is 24.6. The summed E-state index contributed by atoms with van der Waals surface area (Å²) in [7, 11) is 2.09. The molecule has 1 aliphatic heterocycles. The van der Waals surface area contributed by atoms with Crippen molar-refractivity contribution < 1.29 is 33.0 Å². The van der Waals surface area contributed by atoms with Crippen LogP contribution in [-0.2, 0) is 16.0 Å². The Bertz CT molecular complexity index is 1760. The van der Waals surface area contributed by atoms with Crippen LogP contribution in [0.5, 0.6) is 17.2 Å². The molecule has 5 rings (SSSR count). The van der Waals surface area contributed by atoms with Gasteiger partial charge < -0.3 is 23.5 Å². The third kappa shape index (κ3) is 7.01. The van der Waals surface area contributed by atoms with Gasteiger partial charge in [0.25, 0.3) is 0 Å². The molecule has 1 fully saturated rings. The molecule has 3 aromatic carbocycles. The Hall–Kier alpha value is -4.76. The zero-order chi connectivity index (χ0) is 30.7. The van der Waals surface area contributed by atoms with E-state index in [2.05, 4.69) is 11.9 Å². The summed E-state index contributed by atoms with van der Waals surface area (Å²) in [6, 6.07) is 16.7. The number of ether oxygens (including phenoxy) is 3. The summed E-state index contributed by atoms with van der Waals surface area (Å²) in [5.74, 6) is -0.0980. The van der Waals surface area contributed by atoms with Crippen molar-refractivity contribution in [2.75, 3.05) is 20.1 Å². The maximum atomic E-state index is 13.4. The molecule has 0 radical (unpaired) electrons. The molecule has 0 N–H and O–H groups in total. The fourth-order valence-corrected chi connectivity index (χ4v) is 5.22. The molecule has 0 bridgehead atoms. The van der Waals surface area contributed by atoms with Crippen molar-refractivity contribution in [3.63, 3.8) is 0 Å². The lowest BCUT2D eigenvalue weighted by Gasteiger charge is -2.29. The van der Waals surface area contributed by atoms with Crippen LogP contribution in [0.4, 0.5) is 0 Å². The quantitative estimate of drug-likeness (QED) is 0.115. The second kappa shape index (κ2) is 12.6. The fraction of sp³-hybridized carbons (Fsp3) is 0.294. The maximum absolute atomic E-state index is 13.4. The first-order chi connectivity index (χ1) is 20.6. The minimum absolute atomic E-state index is 0.109. The molecular formula is C34H33NO8. The van der Waals surface area contributed by atoms with Crippen molar-refractivity contribution in [3.8, 4) is 28.4 Å². The van der Waals surface area contributed by atoms with E-state index < -0.39 is 17.6 Å². The molecule has 4 aromatic rings. The third-order valence-electron chi connectivity index (χ3n) is 7.45. The van der Waals surface area contributed by atoms with Crippen molar-refractivity contribution >= 4 is 28.7 Å². The lowest BCUT2D eigenvalue weighted by atomic mass is 9.97. The topological polar surface area (TPSA) is 112 Å². The van der Waals surface area contributed by atoms with Gasteiger partial charge in [0.1, 0.15) is 28.9 Å². The summed E-state index contributed by atoms with van der Waals surface area (Å²) < 4.78 is 22.5.